The molecular weight excluding hydrogens is 270 g/mol. The molecule has 6 nitrogen and oxygen atoms in total. The second-order valence-corrected chi connectivity index (χ2v) is 4.96. The van der Waals surface area contributed by atoms with Gasteiger partial charge in [-0.1, -0.05) is 26.0 Å². The lowest BCUT2D eigenvalue weighted by molar-refractivity contribution is -0.125. The largest absolute Gasteiger partial charge is 0.370 e. The highest BCUT2D eigenvalue weighted by molar-refractivity contribution is 5.92. The summed E-state index contributed by atoms with van der Waals surface area (Å²) in [5.74, 6) is -0.258. The standard InChI is InChI=1S/C15H23N3O3/c1-11(2)15(20)18-13-5-3-12(4-6-13)9-17-14(19)10-21-8-7-16/h3-6,11H,7-10,16H2,1-2H3,(H,17,19)(H,18,20). The van der Waals surface area contributed by atoms with Gasteiger partial charge >= 0.3 is 0 Å². The molecule has 0 bridgehead atoms. The highest BCUT2D eigenvalue weighted by atomic mass is 16.5. The fraction of sp³-hybridized carbons (Fsp3) is 0.467. The van der Waals surface area contributed by atoms with Crippen LogP contribution in [0, 0.1) is 5.92 Å². The van der Waals surface area contributed by atoms with Gasteiger partial charge in [-0.3, -0.25) is 9.59 Å². The van der Waals surface area contributed by atoms with Gasteiger partial charge in [-0.15, -0.1) is 0 Å². The zero-order valence-corrected chi connectivity index (χ0v) is 12.5. The van der Waals surface area contributed by atoms with Crippen molar-refractivity contribution in [2.24, 2.45) is 11.7 Å². The highest BCUT2D eigenvalue weighted by Crippen LogP contribution is 2.10. The van der Waals surface area contributed by atoms with Crippen molar-refractivity contribution in [3.8, 4) is 0 Å². The summed E-state index contributed by atoms with van der Waals surface area (Å²) in [6.07, 6.45) is 0. The third-order valence-corrected chi connectivity index (χ3v) is 2.73. The van der Waals surface area contributed by atoms with Crippen molar-refractivity contribution in [2.45, 2.75) is 20.4 Å². The summed E-state index contributed by atoms with van der Waals surface area (Å²) in [7, 11) is 0. The van der Waals surface area contributed by atoms with Gasteiger partial charge in [0.15, 0.2) is 0 Å². The van der Waals surface area contributed by atoms with Gasteiger partial charge in [0, 0.05) is 24.7 Å². The first-order valence-electron chi connectivity index (χ1n) is 6.97. The van der Waals surface area contributed by atoms with Gasteiger partial charge in [-0.05, 0) is 17.7 Å². The van der Waals surface area contributed by atoms with Crippen LogP contribution >= 0.6 is 0 Å². The quantitative estimate of drug-likeness (QED) is 0.620. The third-order valence-electron chi connectivity index (χ3n) is 2.73. The van der Waals surface area contributed by atoms with Crippen LogP contribution in [0.5, 0.6) is 0 Å². The molecule has 0 aliphatic rings. The molecule has 1 aromatic carbocycles. The second kappa shape index (κ2) is 9.10. The van der Waals surface area contributed by atoms with Crippen molar-refractivity contribution < 1.29 is 14.3 Å². The Balaban J connectivity index is 2.37. The van der Waals surface area contributed by atoms with Gasteiger partial charge in [0.25, 0.3) is 0 Å². The molecule has 0 aromatic heterocycles. The van der Waals surface area contributed by atoms with E-state index in [9.17, 15) is 9.59 Å². The van der Waals surface area contributed by atoms with Gasteiger partial charge in [0.1, 0.15) is 6.61 Å². The zero-order chi connectivity index (χ0) is 15.7. The average molecular weight is 293 g/mol. The topological polar surface area (TPSA) is 93.5 Å². The van der Waals surface area contributed by atoms with Crippen LogP contribution in [0.3, 0.4) is 0 Å². The molecular formula is C15H23N3O3. The number of hydrogen-bond acceptors (Lipinski definition) is 4. The predicted molar refractivity (Wildman–Crippen MR) is 81.6 cm³/mol. The van der Waals surface area contributed by atoms with Gasteiger partial charge in [-0.2, -0.15) is 0 Å². The number of benzene rings is 1. The molecule has 0 saturated carbocycles. The number of anilines is 1. The Morgan fingerprint density at radius 2 is 1.90 bits per heavy atom. The number of hydrogen-bond donors (Lipinski definition) is 3. The van der Waals surface area contributed by atoms with E-state index in [4.69, 9.17) is 10.5 Å². The molecule has 0 saturated heterocycles. The summed E-state index contributed by atoms with van der Waals surface area (Å²) in [6.45, 7) is 4.88. The molecule has 4 N–H and O–H groups in total. The van der Waals surface area contributed by atoms with E-state index < -0.39 is 0 Å². The van der Waals surface area contributed by atoms with E-state index in [-0.39, 0.29) is 24.3 Å². The number of nitrogens with two attached hydrogens (primary N) is 1. The first kappa shape index (κ1) is 17.1. The average Bonchev–Trinajstić information content (AvgIpc) is 2.46. The lowest BCUT2D eigenvalue weighted by atomic mass is 10.1. The summed E-state index contributed by atoms with van der Waals surface area (Å²) in [4.78, 5) is 23.0. The molecule has 0 unspecified atom stereocenters. The van der Waals surface area contributed by atoms with Crippen molar-refractivity contribution in [1.82, 2.24) is 5.32 Å². The molecule has 2 amide bonds. The molecule has 116 valence electrons. The van der Waals surface area contributed by atoms with Gasteiger partial charge in [-0.25, -0.2) is 0 Å². The number of ether oxygens (including phenoxy) is 1. The van der Waals surface area contributed by atoms with Crippen LogP contribution < -0.4 is 16.4 Å². The number of rotatable bonds is 8. The first-order chi connectivity index (χ1) is 10.0. The fourth-order valence-electron chi connectivity index (χ4n) is 1.49. The normalized spacial score (nSPS) is 10.5. The van der Waals surface area contributed by atoms with Gasteiger partial charge in [0.05, 0.1) is 6.61 Å². The molecule has 1 aromatic rings. The maximum absolute atomic E-state index is 11.5. The van der Waals surface area contributed by atoms with E-state index in [0.717, 1.165) is 11.3 Å². The zero-order valence-electron chi connectivity index (χ0n) is 12.5. The smallest absolute Gasteiger partial charge is 0.246 e. The van der Waals surface area contributed by atoms with Crippen molar-refractivity contribution in [1.29, 1.82) is 0 Å². The number of carbonyl (C=O) groups is 2. The number of nitrogens with one attached hydrogen (secondary N) is 2. The Morgan fingerprint density at radius 1 is 1.24 bits per heavy atom. The Kier molecular flexibility index (Phi) is 7.42. The summed E-state index contributed by atoms with van der Waals surface area (Å²) >= 11 is 0. The van der Waals surface area contributed by atoms with E-state index in [1.807, 2.05) is 38.1 Å². The van der Waals surface area contributed by atoms with E-state index in [2.05, 4.69) is 10.6 Å². The molecule has 0 aliphatic heterocycles. The Morgan fingerprint density at radius 3 is 2.48 bits per heavy atom. The van der Waals surface area contributed by atoms with Crippen LogP contribution in [0.15, 0.2) is 24.3 Å². The van der Waals surface area contributed by atoms with Crippen LogP contribution in [-0.4, -0.2) is 31.6 Å². The molecule has 0 aliphatic carbocycles. The minimum atomic E-state index is -0.180. The lowest BCUT2D eigenvalue weighted by Gasteiger charge is -2.09. The molecule has 0 heterocycles. The van der Waals surface area contributed by atoms with Crippen molar-refractivity contribution in [3.05, 3.63) is 29.8 Å². The number of carbonyl (C=O) groups excluding carboxylic acids is 2. The molecule has 6 heteroatoms. The molecule has 21 heavy (non-hydrogen) atoms. The third kappa shape index (κ3) is 6.87. The van der Waals surface area contributed by atoms with Crippen molar-refractivity contribution >= 4 is 17.5 Å². The molecule has 0 fully saturated rings. The van der Waals surface area contributed by atoms with Crippen LogP contribution in [0.4, 0.5) is 5.69 Å². The van der Waals surface area contributed by atoms with Gasteiger partial charge < -0.3 is 21.1 Å². The Bertz CT molecular complexity index is 458. The first-order valence-corrected chi connectivity index (χ1v) is 6.97. The monoisotopic (exact) mass is 293 g/mol. The highest BCUT2D eigenvalue weighted by Gasteiger charge is 2.07. The van der Waals surface area contributed by atoms with E-state index in [0.29, 0.717) is 19.7 Å². The summed E-state index contributed by atoms with van der Waals surface area (Å²) in [5, 5.41) is 5.55. The molecule has 0 spiro atoms. The van der Waals surface area contributed by atoms with Crippen LogP contribution in [0.1, 0.15) is 19.4 Å². The van der Waals surface area contributed by atoms with E-state index in [1.54, 1.807) is 0 Å². The number of amides is 2. The summed E-state index contributed by atoms with van der Waals surface area (Å²) < 4.78 is 5.03. The molecule has 0 radical (unpaired) electrons. The Hall–Kier alpha value is -1.92. The van der Waals surface area contributed by atoms with Gasteiger partial charge in [0.2, 0.25) is 11.8 Å². The van der Waals surface area contributed by atoms with Crippen molar-refractivity contribution in [2.75, 3.05) is 25.1 Å². The maximum atomic E-state index is 11.5. The minimum absolute atomic E-state index is 0.0136. The van der Waals surface area contributed by atoms with Crippen LogP contribution in [-0.2, 0) is 20.9 Å². The minimum Gasteiger partial charge on any atom is -0.370 e. The predicted octanol–water partition coefficient (Wildman–Crippen LogP) is 0.873. The molecule has 0 atom stereocenters. The summed E-state index contributed by atoms with van der Waals surface area (Å²) in [5.41, 5.74) is 6.95. The Labute approximate surface area is 125 Å². The van der Waals surface area contributed by atoms with E-state index >= 15 is 0 Å². The SMILES string of the molecule is CC(C)C(=O)Nc1ccc(CNC(=O)COCCN)cc1. The molecule has 1 rings (SSSR count). The van der Waals surface area contributed by atoms with Crippen molar-refractivity contribution in [3.63, 3.8) is 0 Å². The van der Waals surface area contributed by atoms with E-state index in [1.165, 1.54) is 0 Å². The maximum Gasteiger partial charge on any atom is 0.246 e. The fourth-order valence-corrected chi connectivity index (χ4v) is 1.49. The lowest BCUT2D eigenvalue weighted by Crippen LogP contribution is -2.28. The summed E-state index contributed by atoms with van der Waals surface area (Å²) in [6, 6.07) is 7.34. The second-order valence-electron chi connectivity index (χ2n) is 4.96. The van der Waals surface area contributed by atoms with Crippen LogP contribution in [0.25, 0.3) is 0 Å². The van der Waals surface area contributed by atoms with Crippen LogP contribution in [0.2, 0.25) is 0 Å².